The van der Waals surface area contributed by atoms with Gasteiger partial charge in [0.25, 0.3) is 0 Å². The molecule has 1 aromatic rings. The number of benzene rings is 1. The van der Waals surface area contributed by atoms with Crippen LogP contribution in [0, 0.1) is 5.92 Å². The summed E-state index contributed by atoms with van der Waals surface area (Å²) in [6.45, 7) is 7.75. The lowest BCUT2D eigenvalue weighted by Gasteiger charge is -2.30. The molecule has 2 rings (SSSR count). The molecule has 28 nitrogen and oxygen atoms in total. The van der Waals surface area contributed by atoms with Crippen molar-refractivity contribution in [1.29, 1.82) is 0 Å². The second-order valence-corrected chi connectivity index (χ2v) is 19.6. The summed E-state index contributed by atoms with van der Waals surface area (Å²) in [5, 5.41) is 28.5. The van der Waals surface area contributed by atoms with Gasteiger partial charge < -0.3 is 79.5 Å². The van der Waals surface area contributed by atoms with Crippen LogP contribution in [0.5, 0.6) is 0 Å². The molecule has 420 valence electrons. The van der Waals surface area contributed by atoms with Gasteiger partial charge >= 0.3 is 13.8 Å². The van der Waals surface area contributed by atoms with Gasteiger partial charge in [0.1, 0.15) is 54.4 Å². The third-order valence-corrected chi connectivity index (χ3v) is 12.7. The maximum Gasteiger partial charge on any atom is 0.469 e. The Hall–Kier alpha value is -6.58. The molecule has 0 aromatic heterocycles. The standard InChI is InChI=1S/C46H75N12O16P/c1-7-24(2)36(57-40(64)27(5)50-41(65)30(48)18-19-35(59)60)45(69)56-33(23-74-75(71,72)73)43(67)52-25(3)38(62)53-28(6)46(70)58-21-13-17-34(58)44(68)55-32(22-29-14-9-8-10-15-29)42(66)51-26(4)39(63)54-31(37(49)61)16-11-12-20-47/h8-10,14-15,24-28,30-34,36H,7,11-13,16-23,47-48H2,1-6H3,(H2,49,61)(H,50,65)(H,51,66)(H,52,67)(H,53,62)(H,54,63)(H,55,68)(H,56,69)(H,57,64)(H,59,60)(H2,71,72,73)/t24-,25-,26-,27-,28-,30-,31-,32-,33-,34-,36-/m0/s1. The second kappa shape index (κ2) is 31.3. The molecule has 0 bridgehead atoms. The van der Waals surface area contributed by atoms with E-state index < -0.39 is 152 Å². The Morgan fingerprint density at radius 1 is 0.693 bits per heavy atom. The van der Waals surface area contributed by atoms with Crippen LogP contribution in [0.3, 0.4) is 0 Å². The van der Waals surface area contributed by atoms with Gasteiger partial charge in [0.15, 0.2) is 0 Å². The largest absolute Gasteiger partial charge is 0.481 e. The SMILES string of the molecule is CC[C@H](C)[C@H](NC(=O)[C@H](C)NC(=O)[C@@H](N)CCC(=O)O)C(=O)N[C@@H](COP(=O)(O)O)C(=O)N[C@@H](C)C(=O)N[C@@H](C)C(=O)N1CCC[C@H]1C(=O)N[C@@H](Cc1ccccc1)C(=O)N[C@@H](C)C(=O)N[C@@H](CCCCN)C(N)=O. The van der Waals surface area contributed by atoms with Gasteiger partial charge in [-0.2, -0.15) is 0 Å². The topological polar surface area (TPSA) is 452 Å². The molecule has 1 aliphatic heterocycles. The highest BCUT2D eigenvalue weighted by Crippen LogP contribution is 2.35. The molecule has 0 saturated carbocycles. The molecule has 0 aliphatic carbocycles. The number of likely N-dealkylation sites (tertiary alicyclic amines) is 1. The van der Waals surface area contributed by atoms with E-state index in [1.807, 2.05) is 0 Å². The van der Waals surface area contributed by atoms with E-state index in [-0.39, 0.29) is 38.6 Å². The maximum atomic E-state index is 13.9. The maximum absolute atomic E-state index is 13.9. The number of carbonyl (C=O) groups is 11. The number of unbranched alkanes of at least 4 members (excludes halogenated alkanes) is 1. The number of carboxylic acids is 1. The molecular formula is C46H75N12O16P. The summed E-state index contributed by atoms with van der Waals surface area (Å²) < 4.78 is 16.2. The number of nitrogens with one attached hydrogen (secondary N) is 8. The van der Waals surface area contributed by atoms with Crippen LogP contribution in [-0.2, 0) is 68.2 Å². The Kier molecular flexibility index (Phi) is 27.0. The average molecular weight is 1080 g/mol. The van der Waals surface area contributed by atoms with Gasteiger partial charge in [0.2, 0.25) is 59.1 Å². The fourth-order valence-electron chi connectivity index (χ4n) is 7.51. The highest BCUT2D eigenvalue weighted by molar-refractivity contribution is 7.46. The summed E-state index contributed by atoms with van der Waals surface area (Å²) in [7, 11) is -5.26. The van der Waals surface area contributed by atoms with Gasteiger partial charge in [-0.05, 0) is 84.2 Å². The minimum Gasteiger partial charge on any atom is -0.481 e. The Bertz CT molecular complexity index is 2220. The number of phosphoric acid groups is 1. The van der Waals surface area contributed by atoms with Crippen LogP contribution < -0.4 is 59.7 Å². The van der Waals surface area contributed by atoms with Crippen LogP contribution in [0.1, 0.15) is 98.5 Å². The van der Waals surface area contributed by atoms with E-state index in [4.69, 9.17) is 22.3 Å². The van der Waals surface area contributed by atoms with E-state index in [9.17, 15) is 67.1 Å². The summed E-state index contributed by atoms with van der Waals surface area (Å²) in [6, 6.07) is -4.54. The van der Waals surface area contributed by atoms with E-state index in [0.29, 0.717) is 31.4 Å². The number of nitrogens with zero attached hydrogens (tertiary/aromatic N) is 1. The fourth-order valence-corrected chi connectivity index (χ4v) is 7.85. The van der Waals surface area contributed by atoms with E-state index in [2.05, 4.69) is 47.1 Å². The predicted octanol–water partition coefficient (Wildman–Crippen LogP) is -3.86. The fraction of sp³-hybridized carbons (Fsp3) is 0.630. The van der Waals surface area contributed by atoms with E-state index in [0.717, 1.165) is 0 Å². The molecule has 0 radical (unpaired) electrons. The van der Waals surface area contributed by atoms with E-state index in [1.54, 1.807) is 44.2 Å². The predicted molar refractivity (Wildman–Crippen MR) is 267 cm³/mol. The highest BCUT2D eigenvalue weighted by atomic mass is 31.2. The van der Waals surface area contributed by atoms with Crippen LogP contribution in [0.15, 0.2) is 30.3 Å². The minimum atomic E-state index is -5.26. The first-order chi connectivity index (χ1) is 35.1. The van der Waals surface area contributed by atoms with Crippen molar-refractivity contribution in [3.63, 3.8) is 0 Å². The number of hydrogen-bond donors (Lipinski definition) is 14. The lowest BCUT2D eigenvalue weighted by Crippen LogP contribution is -2.61. The van der Waals surface area contributed by atoms with E-state index >= 15 is 0 Å². The number of primary amides is 1. The van der Waals surface area contributed by atoms with Crippen LogP contribution in [0.2, 0.25) is 0 Å². The number of carbonyl (C=O) groups excluding carboxylic acids is 10. The molecule has 0 unspecified atom stereocenters. The second-order valence-electron chi connectivity index (χ2n) is 18.4. The smallest absolute Gasteiger partial charge is 0.469 e. The molecule has 0 spiro atoms. The Balaban J connectivity index is 2.18. The molecule has 1 fully saturated rings. The van der Waals surface area contributed by atoms with Crippen molar-refractivity contribution in [3.8, 4) is 0 Å². The zero-order valence-corrected chi connectivity index (χ0v) is 43.9. The number of hydrogen-bond acceptors (Lipinski definition) is 15. The molecule has 1 aliphatic rings. The van der Waals surface area contributed by atoms with Crippen molar-refractivity contribution < 1.29 is 76.7 Å². The summed E-state index contributed by atoms with van der Waals surface area (Å²) in [5.74, 6) is -10.3. The summed E-state index contributed by atoms with van der Waals surface area (Å²) in [6.07, 6.45) is 1.50. The monoisotopic (exact) mass is 1080 g/mol. The highest BCUT2D eigenvalue weighted by Gasteiger charge is 2.39. The zero-order valence-electron chi connectivity index (χ0n) is 43.0. The van der Waals surface area contributed by atoms with Gasteiger partial charge in [0, 0.05) is 19.4 Å². The van der Waals surface area contributed by atoms with Crippen molar-refractivity contribution in [2.75, 3.05) is 19.7 Å². The van der Waals surface area contributed by atoms with Gasteiger partial charge in [-0.1, -0.05) is 50.6 Å². The first-order valence-corrected chi connectivity index (χ1v) is 26.1. The summed E-state index contributed by atoms with van der Waals surface area (Å²) in [4.78, 5) is 164. The van der Waals surface area contributed by atoms with Gasteiger partial charge in [0.05, 0.1) is 12.6 Å². The molecule has 1 saturated heterocycles. The van der Waals surface area contributed by atoms with Crippen molar-refractivity contribution in [1.82, 2.24) is 47.4 Å². The van der Waals surface area contributed by atoms with Crippen LogP contribution in [0.4, 0.5) is 0 Å². The van der Waals surface area contributed by atoms with Crippen molar-refractivity contribution >= 4 is 72.9 Å². The van der Waals surface area contributed by atoms with Crippen molar-refractivity contribution in [3.05, 3.63) is 35.9 Å². The number of aliphatic carboxylic acids is 1. The van der Waals surface area contributed by atoms with Crippen LogP contribution >= 0.6 is 7.82 Å². The third-order valence-electron chi connectivity index (χ3n) is 12.2. The molecule has 17 N–H and O–H groups in total. The third kappa shape index (κ3) is 22.4. The van der Waals surface area contributed by atoms with Crippen LogP contribution in [0.25, 0.3) is 0 Å². The Labute approximate surface area is 434 Å². The molecule has 1 aromatic carbocycles. The van der Waals surface area contributed by atoms with Crippen molar-refractivity contribution in [2.24, 2.45) is 23.1 Å². The first-order valence-electron chi connectivity index (χ1n) is 24.5. The zero-order chi connectivity index (χ0) is 56.7. The van der Waals surface area contributed by atoms with E-state index in [1.165, 1.54) is 32.6 Å². The number of rotatable bonds is 32. The number of nitrogens with two attached hydrogens (primary N) is 3. The van der Waals surface area contributed by atoms with Gasteiger partial charge in [-0.15, -0.1) is 0 Å². The lowest BCUT2D eigenvalue weighted by molar-refractivity contribution is -0.142. The summed E-state index contributed by atoms with van der Waals surface area (Å²) >= 11 is 0. The number of phosphoric ester groups is 1. The molecule has 1 heterocycles. The number of carboxylic acid groups (broad SMARTS) is 1. The quantitative estimate of drug-likeness (QED) is 0.0243. The first kappa shape index (κ1) is 64.5. The Morgan fingerprint density at radius 3 is 1.77 bits per heavy atom. The Morgan fingerprint density at radius 2 is 1.23 bits per heavy atom. The molecule has 10 amide bonds. The normalized spacial score (nSPS) is 17.4. The van der Waals surface area contributed by atoms with Gasteiger partial charge in [-0.25, -0.2) is 4.57 Å². The average Bonchev–Trinajstić information content (AvgIpc) is 3.85. The van der Waals surface area contributed by atoms with Gasteiger partial charge in [-0.3, -0.25) is 57.3 Å². The summed E-state index contributed by atoms with van der Waals surface area (Å²) in [5.41, 5.74) is 17.4. The lowest BCUT2D eigenvalue weighted by atomic mass is 9.97. The molecular weight excluding hydrogens is 1010 g/mol. The molecule has 29 heteroatoms. The molecule has 11 atom stereocenters. The number of amides is 10. The molecule has 75 heavy (non-hydrogen) atoms. The van der Waals surface area contributed by atoms with Crippen molar-refractivity contribution in [2.45, 2.75) is 160 Å². The minimum absolute atomic E-state index is 0.0203. The van der Waals surface area contributed by atoms with Crippen LogP contribution in [-0.4, -0.2) is 165 Å².